The molecule has 1 atom stereocenters. The SMILES string of the molecule is CCCC(NCc1ccc(-c2ccccc2)cc1)c1ccc(C(=O)NO)cc1. The topological polar surface area (TPSA) is 61.4 Å². The third kappa shape index (κ3) is 5.06. The Labute approximate surface area is 166 Å². The zero-order chi connectivity index (χ0) is 19.8. The number of hydrogen-bond donors (Lipinski definition) is 3. The van der Waals surface area contributed by atoms with E-state index in [0.29, 0.717) is 5.56 Å². The monoisotopic (exact) mass is 374 g/mol. The lowest BCUT2D eigenvalue weighted by Gasteiger charge is -2.19. The molecule has 0 fully saturated rings. The molecule has 4 heteroatoms. The van der Waals surface area contributed by atoms with Gasteiger partial charge in [0.15, 0.2) is 0 Å². The van der Waals surface area contributed by atoms with Crippen molar-refractivity contribution in [1.29, 1.82) is 0 Å². The first-order valence-electron chi connectivity index (χ1n) is 9.63. The smallest absolute Gasteiger partial charge is 0.274 e. The molecule has 28 heavy (non-hydrogen) atoms. The summed E-state index contributed by atoms with van der Waals surface area (Å²) in [4.78, 5) is 11.5. The lowest BCUT2D eigenvalue weighted by Crippen LogP contribution is -2.21. The second-order valence-electron chi connectivity index (χ2n) is 6.85. The van der Waals surface area contributed by atoms with Gasteiger partial charge in [0.2, 0.25) is 0 Å². The molecule has 0 bridgehead atoms. The number of nitrogens with one attached hydrogen (secondary N) is 2. The fourth-order valence-electron chi connectivity index (χ4n) is 3.29. The zero-order valence-electron chi connectivity index (χ0n) is 16.1. The summed E-state index contributed by atoms with van der Waals surface area (Å²) < 4.78 is 0. The van der Waals surface area contributed by atoms with Crippen LogP contribution in [0, 0.1) is 0 Å². The average molecular weight is 374 g/mol. The summed E-state index contributed by atoms with van der Waals surface area (Å²) in [5.74, 6) is -0.495. The summed E-state index contributed by atoms with van der Waals surface area (Å²) in [5, 5.41) is 12.4. The van der Waals surface area contributed by atoms with Gasteiger partial charge in [-0.2, -0.15) is 0 Å². The van der Waals surface area contributed by atoms with E-state index in [1.54, 1.807) is 17.6 Å². The quantitative estimate of drug-likeness (QED) is 0.379. The van der Waals surface area contributed by atoms with Gasteiger partial charge in [-0.15, -0.1) is 0 Å². The molecule has 0 spiro atoms. The Hall–Kier alpha value is -2.95. The van der Waals surface area contributed by atoms with E-state index in [-0.39, 0.29) is 6.04 Å². The van der Waals surface area contributed by atoms with E-state index in [2.05, 4.69) is 60.8 Å². The molecule has 3 aromatic rings. The summed E-state index contributed by atoms with van der Waals surface area (Å²) in [6.07, 6.45) is 2.07. The molecule has 3 aromatic carbocycles. The predicted molar refractivity (Wildman–Crippen MR) is 112 cm³/mol. The van der Waals surface area contributed by atoms with Crippen molar-refractivity contribution >= 4 is 5.91 Å². The second kappa shape index (κ2) is 9.83. The molecule has 1 amide bonds. The molecule has 0 aliphatic rings. The van der Waals surface area contributed by atoms with Gasteiger partial charge in [-0.25, -0.2) is 5.48 Å². The third-order valence-corrected chi connectivity index (χ3v) is 4.87. The van der Waals surface area contributed by atoms with Crippen molar-refractivity contribution in [2.24, 2.45) is 0 Å². The van der Waals surface area contributed by atoms with Crippen LogP contribution in [0.3, 0.4) is 0 Å². The highest BCUT2D eigenvalue weighted by Gasteiger charge is 2.12. The van der Waals surface area contributed by atoms with Crippen LogP contribution in [0.2, 0.25) is 0 Å². The molecule has 0 heterocycles. The second-order valence-corrected chi connectivity index (χ2v) is 6.85. The van der Waals surface area contributed by atoms with Crippen molar-refractivity contribution in [3.8, 4) is 11.1 Å². The number of hydrogen-bond acceptors (Lipinski definition) is 3. The number of benzene rings is 3. The normalized spacial score (nSPS) is 11.8. The molecule has 0 saturated heterocycles. The van der Waals surface area contributed by atoms with Gasteiger partial charge >= 0.3 is 0 Å². The van der Waals surface area contributed by atoms with E-state index in [9.17, 15) is 4.79 Å². The Kier molecular flexibility index (Phi) is 6.95. The predicted octanol–water partition coefficient (Wildman–Crippen LogP) is 5.10. The molecular formula is C24H26N2O2. The Balaban J connectivity index is 1.65. The van der Waals surface area contributed by atoms with Crippen molar-refractivity contribution in [2.45, 2.75) is 32.4 Å². The highest BCUT2D eigenvalue weighted by atomic mass is 16.5. The summed E-state index contributed by atoms with van der Waals surface area (Å²) in [7, 11) is 0. The number of rotatable bonds is 8. The van der Waals surface area contributed by atoms with E-state index in [1.807, 2.05) is 18.2 Å². The molecule has 144 valence electrons. The summed E-state index contributed by atoms with van der Waals surface area (Å²) in [6, 6.07) is 26.6. The number of hydroxylamine groups is 1. The van der Waals surface area contributed by atoms with E-state index < -0.39 is 5.91 Å². The van der Waals surface area contributed by atoms with Gasteiger partial charge in [0.05, 0.1) is 0 Å². The van der Waals surface area contributed by atoms with Crippen molar-refractivity contribution in [3.63, 3.8) is 0 Å². The molecule has 3 rings (SSSR count). The van der Waals surface area contributed by atoms with Crippen molar-refractivity contribution < 1.29 is 10.0 Å². The van der Waals surface area contributed by atoms with Crippen LogP contribution in [-0.4, -0.2) is 11.1 Å². The van der Waals surface area contributed by atoms with Crippen LogP contribution in [0.25, 0.3) is 11.1 Å². The van der Waals surface area contributed by atoms with E-state index in [1.165, 1.54) is 16.7 Å². The first kappa shape index (κ1) is 19.8. The first-order chi connectivity index (χ1) is 13.7. The van der Waals surface area contributed by atoms with Gasteiger partial charge < -0.3 is 5.32 Å². The van der Waals surface area contributed by atoms with Crippen LogP contribution in [0.4, 0.5) is 0 Å². The highest BCUT2D eigenvalue weighted by molar-refractivity contribution is 5.93. The van der Waals surface area contributed by atoms with Crippen LogP contribution >= 0.6 is 0 Å². The molecule has 3 N–H and O–H groups in total. The van der Waals surface area contributed by atoms with Gasteiger partial charge in [-0.3, -0.25) is 10.0 Å². The lowest BCUT2D eigenvalue weighted by molar-refractivity contribution is 0.0706. The Bertz CT molecular complexity index is 875. The minimum absolute atomic E-state index is 0.213. The van der Waals surface area contributed by atoms with Crippen LogP contribution in [0.5, 0.6) is 0 Å². The Morgan fingerprint density at radius 1 is 0.893 bits per heavy atom. The summed E-state index contributed by atoms with van der Waals surface area (Å²) in [5.41, 5.74) is 6.91. The third-order valence-electron chi connectivity index (χ3n) is 4.87. The lowest BCUT2D eigenvalue weighted by atomic mass is 10.00. The molecular weight excluding hydrogens is 348 g/mol. The van der Waals surface area contributed by atoms with Crippen LogP contribution in [0.1, 0.15) is 47.3 Å². The molecule has 0 saturated carbocycles. The van der Waals surface area contributed by atoms with Crippen molar-refractivity contribution in [3.05, 3.63) is 95.6 Å². The highest BCUT2D eigenvalue weighted by Crippen LogP contribution is 2.22. The number of carbonyl (C=O) groups excluding carboxylic acids is 1. The average Bonchev–Trinajstić information content (AvgIpc) is 2.77. The summed E-state index contributed by atoms with van der Waals surface area (Å²) >= 11 is 0. The van der Waals surface area contributed by atoms with E-state index in [0.717, 1.165) is 24.9 Å². The Morgan fingerprint density at radius 2 is 1.54 bits per heavy atom. The molecule has 0 aliphatic carbocycles. The van der Waals surface area contributed by atoms with E-state index >= 15 is 0 Å². The van der Waals surface area contributed by atoms with E-state index in [4.69, 9.17) is 5.21 Å². The van der Waals surface area contributed by atoms with Gasteiger partial charge in [0.25, 0.3) is 5.91 Å². The van der Waals surface area contributed by atoms with Crippen LogP contribution in [-0.2, 0) is 6.54 Å². The molecule has 4 nitrogen and oxygen atoms in total. The first-order valence-corrected chi connectivity index (χ1v) is 9.63. The molecule has 1 unspecified atom stereocenters. The Morgan fingerprint density at radius 3 is 2.14 bits per heavy atom. The van der Waals surface area contributed by atoms with Crippen molar-refractivity contribution in [2.75, 3.05) is 0 Å². The maximum Gasteiger partial charge on any atom is 0.274 e. The van der Waals surface area contributed by atoms with Gasteiger partial charge in [0.1, 0.15) is 0 Å². The molecule has 0 radical (unpaired) electrons. The summed E-state index contributed by atoms with van der Waals surface area (Å²) in [6.45, 7) is 2.94. The maximum absolute atomic E-state index is 11.5. The number of carbonyl (C=O) groups is 1. The van der Waals surface area contributed by atoms with Crippen molar-refractivity contribution in [1.82, 2.24) is 10.8 Å². The fraction of sp³-hybridized carbons (Fsp3) is 0.208. The van der Waals surface area contributed by atoms with Gasteiger partial charge in [-0.05, 0) is 40.8 Å². The van der Waals surface area contributed by atoms with Crippen LogP contribution in [0.15, 0.2) is 78.9 Å². The van der Waals surface area contributed by atoms with Crippen LogP contribution < -0.4 is 10.8 Å². The zero-order valence-corrected chi connectivity index (χ0v) is 16.1. The fourth-order valence-corrected chi connectivity index (χ4v) is 3.29. The largest absolute Gasteiger partial charge is 0.306 e. The number of amides is 1. The minimum Gasteiger partial charge on any atom is -0.306 e. The standard InChI is InChI=1S/C24H26N2O2/c1-2-6-23(21-13-15-22(16-14-21)24(27)26-28)25-17-18-9-11-20(12-10-18)19-7-4-3-5-8-19/h3-5,7-16,23,25,28H,2,6,17H2,1H3,(H,26,27). The minimum atomic E-state index is -0.495. The van der Waals surface area contributed by atoms with Gasteiger partial charge in [-0.1, -0.05) is 80.1 Å². The maximum atomic E-state index is 11.5. The molecule has 0 aromatic heterocycles. The van der Waals surface area contributed by atoms with Gasteiger partial charge in [0, 0.05) is 18.2 Å². The molecule has 0 aliphatic heterocycles.